The quantitative estimate of drug-likeness (QED) is 0.794. The fraction of sp³-hybridized carbons (Fsp3) is 0.312. The van der Waals surface area contributed by atoms with E-state index in [2.05, 4.69) is 0 Å². The van der Waals surface area contributed by atoms with Crippen molar-refractivity contribution >= 4 is 40.4 Å². The van der Waals surface area contributed by atoms with Crippen molar-refractivity contribution in [1.29, 1.82) is 0 Å². The maximum atomic E-state index is 12.7. The van der Waals surface area contributed by atoms with Crippen LogP contribution in [0.5, 0.6) is 11.5 Å². The zero-order valence-electron chi connectivity index (χ0n) is 12.5. The molecular formula is C16H15Cl2NO3S. The summed E-state index contributed by atoms with van der Waals surface area (Å²) in [6.45, 7) is 3.94. The largest absolute Gasteiger partial charge is 0.486 e. The third-order valence-corrected chi connectivity index (χ3v) is 5.05. The molecule has 23 heavy (non-hydrogen) atoms. The van der Waals surface area contributed by atoms with Crippen LogP contribution in [-0.2, 0) is 6.54 Å². The molecule has 0 saturated carbocycles. The fourth-order valence-corrected chi connectivity index (χ4v) is 3.90. The molecule has 1 aromatic carbocycles. The van der Waals surface area contributed by atoms with Crippen LogP contribution in [0.4, 0.5) is 0 Å². The number of amides is 1. The Bertz CT molecular complexity index is 732. The first-order valence-corrected chi connectivity index (χ1v) is 8.79. The maximum Gasteiger partial charge on any atom is 0.256 e. The molecule has 0 aliphatic carbocycles. The SMILES string of the molecule is CCN(Cc1cccc2c1OCCO2)C(=O)c1cc(Cl)sc1Cl. The maximum absolute atomic E-state index is 12.7. The van der Waals surface area contributed by atoms with E-state index in [1.807, 2.05) is 25.1 Å². The van der Waals surface area contributed by atoms with Gasteiger partial charge in [-0.3, -0.25) is 4.79 Å². The lowest BCUT2D eigenvalue weighted by Crippen LogP contribution is -2.30. The second-order valence-corrected chi connectivity index (χ2v) is 7.28. The average Bonchev–Trinajstić information content (AvgIpc) is 2.90. The summed E-state index contributed by atoms with van der Waals surface area (Å²) < 4.78 is 12.2. The number of para-hydroxylation sites is 1. The molecule has 1 aromatic heterocycles. The molecule has 1 aliphatic heterocycles. The lowest BCUT2D eigenvalue weighted by molar-refractivity contribution is 0.0750. The number of thiophene rings is 1. The number of hydrogen-bond donors (Lipinski definition) is 0. The molecule has 3 rings (SSSR count). The van der Waals surface area contributed by atoms with Gasteiger partial charge in [-0.15, -0.1) is 11.3 Å². The van der Waals surface area contributed by atoms with Crippen molar-refractivity contribution in [3.63, 3.8) is 0 Å². The number of carbonyl (C=O) groups excluding carboxylic acids is 1. The van der Waals surface area contributed by atoms with Gasteiger partial charge in [0.2, 0.25) is 0 Å². The van der Waals surface area contributed by atoms with Crippen molar-refractivity contribution in [2.24, 2.45) is 0 Å². The molecule has 0 fully saturated rings. The molecule has 122 valence electrons. The van der Waals surface area contributed by atoms with E-state index in [1.165, 1.54) is 11.3 Å². The van der Waals surface area contributed by atoms with Gasteiger partial charge in [-0.05, 0) is 19.1 Å². The monoisotopic (exact) mass is 371 g/mol. The van der Waals surface area contributed by atoms with Crippen LogP contribution in [0.1, 0.15) is 22.8 Å². The third kappa shape index (κ3) is 3.42. The summed E-state index contributed by atoms with van der Waals surface area (Å²) in [5, 5.41) is 0. The molecule has 0 saturated heterocycles. The first-order valence-electron chi connectivity index (χ1n) is 7.21. The van der Waals surface area contributed by atoms with Gasteiger partial charge in [-0.1, -0.05) is 35.3 Å². The van der Waals surface area contributed by atoms with Gasteiger partial charge in [0.15, 0.2) is 11.5 Å². The van der Waals surface area contributed by atoms with Crippen LogP contribution in [-0.4, -0.2) is 30.6 Å². The van der Waals surface area contributed by atoms with Crippen molar-refractivity contribution in [2.75, 3.05) is 19.8 Å². The molecule has 4 nitrogen and oxygen atoms in total. The molecule has 7 heteroatoms. The molecule has 0 radical (unpaired) electrons. The molecule has 0 N–H and O–H groups in total. The van der Waals surface area contributed by atoms with Gasteiger partial charge in [0.25, 0.3) is 5.91 Å². The molecule has 1 amide bonds. The lowest BCUT2D eigenvalue weighted by atomic mass is 10.1. The number of rotatable bonds is 4. The normalized spacial score (nSPS) is 13.0. The van der Waals surface area contributed by atoms with E-state index < -0.39 is 0 Å². The summed E-state index contributed by atoms with van der Waals surface area (Å²) in [4.78, 5) is 14.4. The van der Waals surface area contributed by atoms with Gasteiger partial charge < -0.3 is 14.4 Å². The highest BCUT2D eigenvalue weighted by Crippen LogP contribution is 2.35. The molecular weight excluding hydrogens is 357 g/mol. The van der Waals surface area contributed by atoms with Gasteiger partial charge in [0, 0.05) is 18.7 Å². The minimum absolute atomic E-state index is 0.144. The topological polar surface area (TPSA) is 38.8 Å². The molecule has 0 spiro atoms. The Hall–Kier alpha value is -1.43. The Balaban J connectivity index is 1.85. The Kier molecular flexibility index (Phi) is 4.99. The van der Waals surface area contributed by atoms with Crippen molar-refractivity contribution in [3.05, 3.63) is 44.1 Å². The van der Waals surface area contributed by atoms with Crippen LogP contribution in [0.15, 0.2) is 24.3 Å². The number of halogens is 2. The zero-order valence-corrected chi connectivity index (χ0v) is 14.8. The van der Waals surface area contributed by atoms with E-state index in [0.717, 1.165) is 5.56 Å². The number of hydrogen-bond acceptors (Lipinski definition) is 4. The molecule has 0 unspecified atom stereocenters. The fourth-order valence-electron chi connectivity index (χ4n) is 2.45. The minimum atomic E-state index is -0.144. The summed E-state index contributed by atoms with van der Waals surface area (Å²) in [7, 11) is 0. The number of carbonyl (C=O) groups is 1. The number of benzene rings is 1. The van der Waals surface area contributed by atoms with Crippen molar-refractivity contribution in [3.8, 4) is 11.5 Å². The molecule has 2 heterocycles. The molecule has 0 bridgehead atoms. The van der Waals surface area contributed by atoms with Crippen LogP contribution < -0.4 is 9.47 Å². The Morgan fingerprint density at radius 2 is 2.09 bits per heavy atom. The minimum Gasteiger partial charge on any atom is -0.486 e. The van der Waals surface area contributed by atoms with Crippen LogP contribution in [0.25, 0.3) is 0 Å². The lowest BCUT2D eigenvalue weighted by Gasteiger charge is -2.25. The number of ether oxygens (including phenoxy) is 2. The van der Waals surface area contributed by atoms with E-state index in [4.69, 9.17) is 32.7 Å². The van der Waals surface area contributed by atoms with E-state index >= 15 is 0 Å². The van der Waals surface area contributed by atoms with Crippen LogP contribution in [0.2, 0.25) is 8.67 Å². The highest BCUT2D eigenvalue weighted by molar-refractivity contribution is 7.20. The van der Waals surface area contributed by atoms with Gasteiger partial charge in [-0.25, -0.2) is 0 Å². The van der Waals surface area contributed by atoms with E-state index in [9.17, 15) is 4.79 Å². The van der Waals surface area contributed by atoms with Crippen molar-refractivity contribution in [1.82, 2.24) is 4.90 Å². The second-order valence-electron chi connectivity index (χ2n) is 5.00. The summed E-state index contributed by atoms with van der Waals surface area (Å²) in [6.07, 6.45) is 0. The van der Waals surface area contributed by atoms with Crippen LogP contribution >= 0.6 is 34.5 Å². The predicted octanol–water partition coefficient (Wildman–Crippen LogP) is 4.49. The first kappa shape index (κ1) is 16.4. The van der Waals surface area contributed by atoms with Gasteiger partial charge in [0.05, 0.1) is 9.90 Å². The smallest absolute Gasteiger partial charge is 0.256 e. The van der Waals surface area contributed by atoms with Gasteiger partial charge in [0.1, 0.15) is 17.6 Å². The van der Waals surface area contributed by atoms with Gasteiger partial charge >= 0.3 is 0 Å². The van der Waals surface area contributed by atoms with E-state index in [1.54, 1.807) is 11.0 Å². The highest BCUT2D eigenvalue weighted by Gasteiger charge is 2.23. The highest BCUT2D eigenvalue weighted by atomic mass is 35.5. The molecule has 1 aliphatic rings. The Labute approximate surface area is 148 Å². The van der Waals surface area contributed by atoms with Crippen molar-refractivity contribution in [2.45, 2.75) is 13.5 Å². The van der Waals surface area contributed by atoms with Crippen molar-refractivity contribution < 1.29 is 14.3 Å². The van der Waals surface area contributed by atoms with Crippen LogP contribution in [0.3, 0.4) is 0 Å². The summed E-state index contributed by atoms with van der Waals surface area (Å²) in [5.41, 5.74) is 1.35. The Morgan fingerprint density at radius 1 is 1.30 bits per heavy atom. The standard InChI is InChI=1S/C16H15Cl2NO3S/c1-2-19(16(20)11-8-13(17)23-15(11)18)9-10-4-3-5-12-14(10)22-7-6-21-12/h3-5,8H,2,6-7,9H2,1H3. The number of fused-ring (bicyclic) bond motifs is 1. The van der Waals surface area contributed by atoms with E-state index in [-0.39, 0.29) is 5.91 Å². The summed E-state index contributed by atoms with van der Waals surface area (Å²) in [5.74, 6) is 1.28. The molecule has 0 atom stereocenters. The van der Waals surface area contributed by atoms with Gasteiger partial charge in [-0.2, -0.15) is 0 Å². The van der Waals surface area contributed by atoms with E-state index in [0.29, 0.717) is 52.0 Å². The van der Waals surface area contributed by atoms with Crippen LogP contribution in [0, 0.1) is 0 Å². The average molecular weight is 372 g/mol. The molecule has 2 aromatic rings. The number of nitrogens with zero attached hydrogens (tertiary/aromatic N) is 1. The first-order chi connectivity index (χ1) is 11.1. The summed E-state index contributed by atoms with van der Waals surface area (Å²) in [6, 6.07) is 7.31. The summed E-state index contributed by atoms with van der Waals surface area (Å²) >= 11 is 13.2. The second kappa shape index (κ2) is 6.99. The zero-order chi connectivity index (χ0) is 16.4. The Morgan fingerprint density at radius 3 is 2.78 bits per heavy atom. The third-order valence-electron chi connectivity index (χ3n) is 3.56. The predicted molar refractivity (Wildman–Crippen MR) is 92.2 cm³/mol.